The normalized spacial score (nSPS) is 20.5. The standard InChI is InChI=1S/C18H23N3O3/c1-23-11-12-24-17-6-10-21(18(22)15-3-2-7-20-15)16(17)13-14-4-8-19-9-5-14/h2-5,7-9,16-17,20H,6,10-13H2,1H3/t16-,17-/m1/s1. The zero-order valence-corrected chi connectivity index (χ0v) is 13.9. The highest BCUT2D eigenvalue weighted by Gasteiger charge is 2.38. The molecule has 128 valence electrons. The summed E-state index contributed by atoms with van der Waals surface area (Å²) in [7, 11) is 1.66. The third-order valence-corrected chi connectivity index (χ3v) is 4.39. The number of carbonyl (C=O) groups excluding carboxylic acids is 1. The fourth-order valence-corrected chi connectivity index (χ4v) is 3.17. The van der Waals surface area contributed by atoms with Gasteiger partial charge in [-0.05, 0) is 42.7 Å². The maximum atomic E-state index is 12.8. The number of rotatable bonds is 7. The quantitative estimate of drug-likeness (QED) is 0.788. The number of nitrogens with zero attached hydrogens (tertiary/aromatic N) is 2. The Balaban J connectivity index is 1.75. The van der Waals surface area contributed by atoms with Crippen molar-refractivity contribution in [1.82, 2.24) is 14.9 Å². The summed E-state index contributed by atoms with van der Waals surface area (Å²) in [4.78, 5) is 21.8. The summed E-state index contributed by atoms with van der Waals surface area (Å²) in [5, 5.41) is 0. The SMILES string of the molecule is COCCO[C@@H]1CCN(C(=O)c2ccc[nH]2)[C@@H]1Cc1ccncc1. The minimum Gasteiger partial charge on any atom is -0.382 e. The molecule has 0 radical (unpaired) electrons. The number of aromatic nitrogens is 2. The van der Waals surface area contributed by atoms with Crippen LogP contribution in [0.1, 0.15) is 22.5 Å². The highest BCUT2D eigenvalue weighted by Crippen LogP contribution is 2.26. The van der Waals surface area contributed by atoms with Gasteiger partial charge < -0.3 is 19.4 Å². The van der Waals surface area contributed by atoms with E-state index in [4.69, 9.17) is 9.47 Å². The van der Waals surface area contributed by atoms with Gasteiger partial charge >= 0.3 is 0 Å². The minimum atomic E-state index is 0.0139. The molecular formula is C18H23N3O3. The number of amides is 1. The van der Waals surface area contributed by atoms with Gasteiger partial charge in [0.15, 0.2) is 0 Å². The first kappa shape index (κ1) is 16.7. The van der Waals surface area contributed by atoms with E-state index in [0.717, 1.165) is 18.4 Å². The molecule has 24 heavy (non-hydrogen) atoms. The number of carbonyl (C=O) groups is 1. The molecule has 0 unspecified atom stereocenters. The molecule has 0 spiro atoms. The monoisotopic (exact) mass is 329 g/mol. The molecule has 1 amide bonds. The molecule has 0 aliphatic carbocycles. The molecule has 1 fully saturated rings. The second-order valence-corrected chi connectivity index (χ2v) is 5.90. The molecule has 2 atom stereocenters. The summed E-state index contributed by atoms with van der Waals surface area (Å²) in [6.45, 7) is 1.80. The van der Waals surface area contributed by atoms with E-state index in [2.05, 4.69) is 9.97 Å². The van der Waals surface area contributed by atoms with Gasteiger partial charge in [-0.2, -0.15) is 0 Å². The molecule has 0 bridgehead atoms. The van der Waals surface area contributed by atoms with Crippen molar-refractivity contribution in [1.29, 1.82) is 0 Å². The predicted octanol–water partition coefficient (Wildman–Crippen LogP) is 1.90. The van der Waals surface area contributed by atoms with Gasteiger partial charge in [-0.1, -0.05) is 0 Å². The molecule has 2 aromatic rings. The largest absolute Gasteiger partial charge is 0.382 e. The molecule has 1 aliphatic rings. The second kappa shape index (κ2) is 8.08. The first-order chi connectivity index (χ1) is 11.8. The van der Waals surface area contributed by atoms with Gasteiger partial charge in [0.05, 0.1) is 25.4 Å². The Bertz CT molecular complexity index is 630. The van der Waals surface area contributed by atoms with Crippen molar-refractivity contribution in [2.75, 3.05) is 26.9 Å². The van der Waals surface area contributed by atoms with Crippen LogP contribution in [0.3, 0.4) is 0 Å². The summed E-state index contributed by atoms with van der Waals surface area (Å²) in [6, 6.07) is 7.64. The number of methoxy groups -OCH3 is 1. The zero-order valence-electron chi connectivity index (χ0n) is 13.9. The van der Waals surface area contributed by atoms with Gasteiger partial charge in [0.25, 0.3) is 5.91 Å². The van der Waals surface area contributed by atoms with E-state index >= 15 is 0 Å². The Kier molecular flexibility index (Phi) is 5.61. The molecule has 6 nitrogen and oxygen atoms in total. The number of hydrogen-bond acceptors (Lipinski definition) is 4. The predicted molar refractivity (Wildman–Crippen MR) is 89.8 cm³/mol. The summed E-state index contributed by atoms with van der Waals surface area (Å²) < 4.78 is 11.1. The van der Waals surface area contributed by atoms with Crippen LogP contribution in [0.5, 0.6) is 0 Å². The Morgan fingerprint density at radius 2 is 2.17 bits per heavy atom. The van der Waals surface area contributed by atoms with Crippen LogP contribution in [-0.2, 0) is 15.9 Å². The zero-order chi connectivity index (χ0) is 16.8. The molecule has 1 saturated heterocycles. The fourth-order valence-electron chi connectivity index (χ4n) is 3.17. The molecule has 3 rings (SSSR count). The van der Waals surface area contributed by atoms with E-state index in [9.17, 15) is 4.79 Å². The Hall–Kier alpha value is -2.18. The number of pyridine rings is 1. The summed E-state index contributed by atoms with van der Waals surface area (Å²) in [5.74, 6) is 0.0249. The summed E-state index contributed by atoms with van der Waals surface area (Å²) >= 11 is 0. The van der Waals surface area contributed by atoms with Crippen molar-refractivity contribution < 1.29 is 14.3 Å². The van der Waals surface area contributed by atoms with E-state index in [1.165, 1.54) is 0 Å². The van der Waals surface area contributed by atoms with Gasteiger partial charge in [0.2, 0.25) is 0 Å². The second-order valence-electron chi connectivity index (χ2n) is 5.90. The van der Waals surface area contributed by atoms with Crippen LogP contribution in [0.4, 0.5) is 0 Å². The number of aromatic amines is 1. The van der Waals surface area contributed by atoms with Crippen LogP contribution in [0, 0.1) is 0 Å². The minimum absolute atomic E-state index is 0.0139. The maximum absolute atomic E-state index is 12.8. The lowest BCUT2D eigenvalue weighted by Gasteiger charge is -2.28. The molecule has 3 heterocycles. The van der Waals surface area contributed by atoms with Crippen molar-refractivity contribution in [2.24, 2.45) is 0 Å². The van der Waals surface area contributed by atoms with E-state index in [-0.39, 0.29) is 18.1 Å². The average molecular weight is 329 g/mol. The third-order valence-electron chi connectivity index (χ3n) is 4.39. The molecule has 0 saturated carbocycles. The lowest BCUT2D eigenvalue weighted by Crippen LogP contribution is -2.42. The van der Waals surface area contributed by atoms with Crippen molar-refractivity contribution in [3.8, 4) is 0 Å². The first-order valence-electron chi connectivity index (χ1n) is 8.23. The van der Waals surface area contributed by atoms with Gasteiger partial charge in [-0.25, -0.2) is 0 Å². The number of hydrogen-bond donors (Lipinski definition) is 1. The van der Waals surface area contributed by atoms with Crippen LogP contribution in [0.25, 0.3) is 0 Å². The highest BCUT2D eigenvalue weighted by molar-refractivity contribution is 5.92. The fraction of sp³-hybridized carbons (Fsp3) is 0.444. The first-order valence-corrected chi connectivity index (χ1v) is 8.23. The van der Waals surface area contributed by atoms with Crippen LogP contribution in [-0.4, -0.2) is 59.8 Å². The van der Waals surface area contributed by atoms with Gasteiger partial charge in [-0.15, -0.1) is 0 Å². The molecule has 1 aliphatic heterocycles. The summed E-state index contributed by atoms with van der Waals surface area (Å²) in [6.07, 6.45) is 6.95. The lowest BCUT2D eigenvalue weighted by molar-refractivity contribution is 0.000425. The molecule has 1 N–H and O–H groups in total. The Morgan fingerprint density at radius 3 is 2.88 bits per heavy atom. The van der Waals surface area contributed by atoms with Crippen molar-refractivity contribution in [3.05, 3.63) is 54.1 Å². The van der Waals surface area contributed by atoms with Gasteiger partial charge in [-0.3, -0.25) is 9.78 Å². The number of H-pyrrole nitrogens is 1. The van der Waals surface area contributed by atoms with Crippen LogP contribution < -0.4 is 0 Å². The third kappa shape index (κ3) is 3.83. The molecule has 2 aromatic heterocycles. The Morgan fingerprint density at radius 1 is 1.33 bits per heavy atom. The van der Waals surface area contributed by atoms with Crippen molar-refractivity contribution in [2.45, 2.75) is 25.0 Å². The molecular weight excluding hydrogens is 306 g/mol. The average Bonchev–Trinajstić information content (AvgIpc) is 3.26. The number of likely N-dealkylation sites (tertiary alicyclic amines) is 1. The van der Waals surface area contributed by atoms with Crippen molar-refractivity contribution >= 4 is 5.91 Å². The van der Waals surface area contributed by atoms with Gasteiger partial charge in [0.1, 0.15) is 5.69 Å². The van der Waals surface area contributed by atoms with Crippen LogP contribution in [0.2, 0.25) is 0 Å². The van der Waals surface area contributed by atoms with Crippen LogP contribution >= 0.6 is 0 Å². The van der Waals surface area contributed by atoms with E-state index in [0.29, 0.717) is 25.5 Å². The lowest BCUT2D eigenvalue weighted by atomic mass is 10.0. The smallest absolute Gasteiger partial charge is 0.270 e. The number of nitrogens with one attached hydrogen (secondary N) is 1. The molecule has 0 aromatic carbocycles. The van der Waals surface area contributed by atoms with Crippen molar-refractivity contribution in [3.63, 3.8) is 0 Å². The Labute approximate surface area is 141 Å². The van der Waals surface area contributed by atoms with Gasteiger partial charge in [0, 0.05) is 32.2 Å². The van der Waals surface area contributed by atoms with Crippen LogP contribution in [0.15, 0.2) is 42.9 Å². The topological polar surface area (TPSA) is 67.5 Å². The molecule has 6 heteroatoms. The van der Waals surface area contributed by atoms with E-state index < -0.39 is 0 Å². The summed E-state index contributed by atoms with van der Waals surface area (Å²) in [5.41, 5.74) is 1.77. The highest BCUT2D eigenvalue weighted by atomic mass is 16.5. The maximum Gasteiger partial charge on any atom is 0.270 e. The van der Waals surface area contributed by atoms with E-state index in [1.54, 1.807) is 25.7 Å². The van der Waals surface area contributed by atoms with E-state index in [1.807, 2.05) is 29.2 Å². The number of ether oxygens (including phenoxy) is 2.